The molecule has 358 valence electrons. The van der Waals surface area contributed by atoms with E-state index in [-0.39, 0.29) is 75.5 Å². The summed E-state index contributed by atoms with van der Waals surface area (Å²) in [7, 11) is -2.69. The predicted octanol–water partition coefficient (Wildman–Crippen LogP) is 7.20. The van der Waals surface area contributed by atoms with Crippen molar-refractivity contribution in [3.63, 3.8) is 0 Å². The van der Waals surface area contributed by atoms with Crippen LogP contribution in [0.2, 0.25) is 0 Å². The minimum Gasteiger partial charge on any atom is -1.00 e. The average Bonchev–Trinajstić information content (AvgIpc) is 3.61. The van der Waals surface area contributed by atoms with Crippen LogP contribution in [0.25, 0.3) is 0 Å². The van der Waals surface area contributed by atoms with E-state index in [4.69, 9.17) is 9.47 Å². The molecular weight excluding hydrogens is 925 g/mol. The molecule has 0 saturated carbocycles. The smallest absolute Gasteiger partial charge is 1.00 e. The summed E-state index contributed by atoms with van der Waals surface area (Å²) in [5.41, 5.74) is 0.259. The van der Waals surface area contributed by atoms with Crippen molar-refractivity contribution in [1.82, 2.24) is 24.5 Å². The summed E-state index contributed by atoms with van der Waals surface area (Å²) in [6, 6.07) is 11.5. The molecule has 2 aliphatic rings. The zero-order chi connectivity index (χ0) is 46.4. The maximum absolute atomic E-state index is 12.9. The van der Waals surface area contributed by atoms with E-state index in [2.05, 4.69) is 60.6 Å². The van der Waals surface area contributed by atoms with Gasteiger partial charge in [-0.25, -0.2) is 22.7 Å². The van der Waals surface area contributed by atoms with Gasteiger partial charge in [-0.3, -0.25) is 9.97 Å². The van der Waals surface area contributed by atoms with Crippen LogP contribution in [-0.4, -0.2) is 114 Å². The number of rotatable bonds is 12. The van der Waals surface area contributed by atoms with Gasteiger partial charge in [0.15, 0.2) is 15.7 Å². The van der Waals surface area contributed by atoms with Crippen LogP contribution in [0, 0.1) is 26.2 Å². The van der Waals surface area contributed by atoms with Crippen molar-refractivity contribution < 1.29 is 44.5 Å². The van der Waals surface area contributed by atoms with Gasteiger partial charge in [0.25, 0.3) is 0 Å². The zero-order valence-corrected chi connectivity index (χ0v) is 46.9. The van der Waals surface area contributed by atoms with Crippen molar-refractivity contribution in [2.75, 3.05) is 13.1 Å². The van der Waals surface area contributed by atoms with E-state index >= 15 is 0 Å². The summed E-state index contributed by atoms with van der Waals surface area (Å²) in [6.45, 7) is 36.5. The van der Waals surface area contributed by atoms with Gasteiger partial charge in [0, 0.05) is 36.6 Å². The molecule has 0 aliphatic carbocycles. The molecule has 4 rings (SSSR count). The van der Waals surface area contributed by atoms with Crippen LogP contribution < -0.4 is 21.7 Å². The fraction of sp³-hybridized carbons (Fsp3) is 0.688. The van der Waals surface area contributed by atoms with Crippen LogP contribution in [0.1, 0.15) is 161 Å². The molecule has 3 unspecified atom stereocenters. The molecule has 0 spiro atoms. The standard InChI is InChI=1S/C24H41N3O3S.C23H36N3O3S.CH3.BrH.Mg/c1-21(2,3)30-20(28)27-17-18(16-23(27,7)8)13-14-24(9,19-12-10-11-15-25-19)26-31(29)22(4,5)6;1-21(2,3)29-20(27)26-16-17(15-23(26,7)8)12-13-19(18-11-9-10-14-24-18)25-30(28)22(4,5)6;;;/h10-12,15,18,26H,13-14,16-17H2,1-9H3;9-11,14,17H,4,12-13,15-16H2,1-3,5-8H3;1H3;1H;/q;+1;-1;;+2/p-1/t18-,24?,31?;17-,30?;;;/m00.../s1. The second-order valence-electron chi connectivity index (χ2n) is 21.8. The molecule has 0 aromatic carbocycles. The number of halogens is 1. The Morgan fingerprint density at radius 3 is 1.62 bits per heavy atom. The monoisotopic (exact) mass is 1000 g/mol. The number of carbonyl (C=O) groups is 2. The van der Waals surface area contributed by atoms with Gasteiger partial charge >= 0.3 is 35.2 Å². The molecule has 64 heavy (non-hydrogen) atoms. The fourth-order valence-electron chi connectivity index (χ4n) is 7.53. The third-order valence-corrected chi connectivity index (χ3v) is 13.8. The maximum Gasteiger partial charge on any atom is 2.00 e. The molecule has 4 heterocycles. The quantitative estimate of drug-likeness (QED) is 0.134. The van der Waals surface area contributed by atoms with Gasteiger partial charge < -0.3 is 43.7 Å². The first-order valence-corrected chi connectivity index (χ1v) is 23.9. The third-order valence-electron chi connectivity index (χ3n) is 10.7. The second kappa shape index (κ2) is 24.3. The Bertz CT molecular complexity index is 1860. The van der Waals surface area contributed by atoms with Gasteiger partial charge in [0.1, 0.15) is 11.2 Å². The maximum atomic E-state index is 12.9. The van der Waals surface area contributed by atoms with Gasteiger partial charge in [-0.15, -0.1) is 0 Å². The molecule has 16 heteroatoms. The number of hydrogen-bond donors (Lipinski definition) is 1. The van der Waals surface area contributed by atoms with Crippen molar-refractivity contribution >= 4 is 62.9 Å². The molecule has 1 N–H and O–H groups in total. The number of carbonyl (C=O) groups excluding carboxylic acids is 2. The Labute approximate surface area is 419 Å². The van der Waals surface area contributed by atoms with Gasteiger partial charge in [0.05, 0.1) is 45.3 Å². The Hall–Kier alpha value is -2.11. The van der Waals surface area contributed by atoms with Crippen LogP contribution in [0.15, 0.2) is 53.2 Å². The van der Waals surface area contributed by atoms with E-state index in [1.807, 2.05) is 109 Å². The number of aromatic nitrogens is 2. The molecular formula is C48H80BrMgN6O6S2+. The van der Waals surface area contributed by atoms with Crippen molar-refractivity contribution in [3.05, 3.63) is 74.5 Å². The number of likely N-dealkylation sites (tertiary alicyclic amines) is 2. The van der Waals surface area contributed by atoms with E-state index in [1.165, 1.54) is 0 Å². The number of amides is 2. The van der Waals surface area contributed by atoms with Crippen LogP contribution in [-0.2, 0) is 37.0 Å². The average molecular weight is 1010 g/mol. The number of nitrogens with one attached hydrogen (secondary N) is 1. The van der Waals surface area contributed by atoms with Crippen molar-refractivity contribution in [2.45, 2.75) is 187 Å². The number of pyridine rings is 2. The molecule has 0 bridgehead atoms. The third kappa shape index (κ3) is 19.2. The SMILES string of the molecule is CC(C)(C)OC(=O)N1C[C@@H](CCC(C)(NS(=O)C(C)(C)C)c2ccccn2)CC1(C)C.[Br-].[CH2+]C(C)(C)S(=O)N=C(CC[C@@H]1CN(C(=O)OC(C)(C)C)C(C)(C)C1)c1ccccn1.[CH3-].[Mg+2]. The molecule has 0 radical (unpaired) electrons. The fourth-order valence-corrected chi connectivity index (χ4v) is 9.08. The van der Waals surface area contributed by atoms with Crippen molar-refractivity contribution in [3.8, 4) is 0 Å². The van der Waals surface area contributed by atoms with E-state index in [0.717, 1.165) is 49.2 Å². The van der Waals surface area contributed by atoms with Crippen LogP contribution in [0.3, 0.4) is 0 Å². The van der Waals surface area contributed by atoms with E-state index < -0.39 is 43.5 Å². The molecule has 2 aromatic heterocycles. The molecule has 2 fully saturated rings. The topological polar surface area (TPSA) is 143 Å². The van der Waals surface area contributed by atoms with Crippen LogP contribution in [0.4, 0.5) is 9.59 Å². The second-order valence-corrected chi connectivity index (χ2v) is 25.6. The van der Waals surface area contributed by atoms with Crippen LogP contribution >= 0.6 is 0 Å². The number of nitrogens with zero attached hydrogens (tertiary/aromatic N) is 5. The Kier molecular flexibility index (Phi) is 23.5. The molecule has 2 amide bonds. The molecule has 5 atom stereocenters. The summed E-state index contributed by atoms with van der Waals surface area (Å²) in [5, 5.41) is 0. The Morgan fingerprint density at radius 1 is 0.781 bits per heavy atom. The molecule has 2 aliphatic heterocycles. The predicted molar refractivity (Wildman–Crippen MR) is 262 cm³/mol. The summed E-state index contributed by atoms with van der Waals surface area (Å²) < 4.78 is 43.5. The number of hydrogen-bond acceptors (Lipinski definition) is 8. The van der Waals surface area contributed by atoms with Gasteiger partial charge in [-0.2, -0.15) is 4.40 Å². The van der Waals surface area contributed by atoms with Crippen LogP contribution in [0.5, 0.6) is 0 Å². The molecule has 12 nitrogen and oxygen atoms in total. The first kappa shape index (κ1) is 61.9. The number of ether oxygens (including phenoxy) is 2. The summed E-state index contributed by atoms with van der Waals surface area (Å²) >= 11 is 0. The summed E-state index contributed by atoms with van der Waals surface area (Å²) in [5.74, 6) is 0.651. The van der Waals surface area contributed by atoms with Crippen molar-refractivity contribution in [1.29, 1.82) is 0 Å². The summed E-state index contributed by atoms with van der Waals surface area (Å²) in [4.78, 5) is 38.1. The minimum atomic E-state index is -1.46. The Balaban J connectivity index is 0.00000119. The molecule has 2 saturated heterocycles. The van der Waals surface area contributed by atoms with Gasteiger partial charge in [0.2, 0.25) is 0 Å². The summed E-state index contributed by atoms with van der Waals surface area (Å²) in [6.07, 6.45) is 7.89. The van der Waals surface area contributed by atoms with Gasteiger partial charge in [-0.1, -0.05) is 12.1 Å². The zero-order valence-electron chi connectivity index (χ0n) is 42.2. The minimum absolute atomic E-state index is 0. The van der Waals surface area contributed by atoms with Crippen molar-refractivity contribution in [2.24, 2.45) is 16.2 Å². The van der Waals surface area contributed by atoms with E-state index in [1.54, 1.807) is 26.2 Å². The molecule has 2 aromatic rings. The van der Waals surface area contributed by atoms with Gasteiger partial charge in [-0.05, 0) is 185 Å². The van der Waals surface area contributed by atoms with E-state index in [0.29, 0.717) is 31.3 Å². The first-order chi connectivity index (χ1) is 27.7. The largest absolute Gasteiger partial charge is 2.00 e. The van der Waals surface area contributed by atoms with E-state index in [9.17, 15) is 18.0 Å². The first-order valence-electron chi connectivity index (χ1n) is 21.6. The normalized spacial score (nSPS) is 20.5. The Morgan fingerprint density at radius 2 is 1.23 bits per heavy atom.